The van der Waals surface area contributed by atoms with Gasteiger partial charge in [0.15, 0.2) is 6.29 Å². The first-order chi connectivity index (χ1) is 9.35. The monoisotopic (exact) mass is 256 g/mol. The molecule has 1 aromatic heterocycles. The summed E-state index contributed by atoms with van der Waals surface area (Å²) in [5.74, 6) is 0.880. The fourth-order valence-corrected chi connectivity index (χ4v) is 3.07. The number of aldehydes is 1. The van der Waals surface area contributed by atoms with E-state index in [2.05, 4.69) is 29.4 Å². The molecule has 0 saturated heterocycles. The Hall–Kier alpha value is -1.77. The summed E-state index contributed by atoms with van der Waals surface area (Å²) in [6.45, 7) is 3.01. The quantitative estimate of drug-likeness (QED) is 0.820. The number of rotatable bonds is 4. The number of hydrogen-bond acceptors (Lipinski definition) is 2. The third kappa shape index (κ3) is 2.03. The number of aromatic nitrogens is 1. The van der Waals surface area contributed by atoms with Crippen molar-refractivity contribution >= 4 is 23.0 Å². The van der Waals surface area contributed by atoms with Crippen LogP contribution in [0.15, 0.2) is 12.1 Å². The molecule has 0 saturated carbocycles. The van der Waals surface area contributed by atoms with E-state index in [0.29, 0.717) is 0 Å². The highest BCUT2D eigenvalue weighted by Gasteiger charge is 2.18. The van der Waals surface area contributed by atoms with Crippen LogP contribution >= 0.6 is 0 Å². The van der Waals surface area contributed by atoms with Crippen molar-refractivity contribution in [3.8, 4) is 0 Å². The van der Waals surface area contributed by atoms with E-state index >= 15 is 0 Å². The number of benzene rings is 1. The second-order valence-electron chi connectivity index (χ2n) is 5.29. The van der Waals surface area contributed by atoms with E-state index in [0.717, 1.165) is 54.4 Å². The lowest BCUT2D eigenvalue weighted by Gasteiger charge is -2.16. The first-order valence-corrected chi connectivity index (χ1v) is 7.20. The van der Waals surface area contributed by atoms with E-state index in [4.69, 9.17) is 0 Å². The Morgan fingerprint density at radius 3 is 2.95 bits per heavy atom. The van der Waals surface area contributed by atoms with Crippen molar-refractivity contribution in [1.82, 2.24) is 4.98 Å². The number of anilines is 1. The van der Waals surface area contributed by atoms with Crippen molar-refractivity contribution < 1.29 is 4.79 Å². The van der Waals surface area contributed by atoms with E-state index in [-0.39, 0.29) is 0 Å². The Kier molecular flexibility index (Phi) is 3.28. The maximum Gasteiger partial charge on any atom is 0.154 e. The molecule has 1 aromatic carbocycles. The van der Waals surface area contributed by atoms with Crippen LogP contribution in [0.2, 0.25) is 0 Å². The summed E-state index contributed by atoms with van der Waals surface area (Å²) in [6.07, 6.45) is 6.77. The third-order valence-corrected chi connectivity index (χ3v) is 4.00. The van der Waals surface area contributed by atoms with Crippen LogP contribution < -0.4 is 5.32 Å². The van der Waals surface area contributed by atoms with Crippen LogP contribution in [0.25, 0.3) is 10.9 Å². The largest absolute Gasteiger partial charge is 0.371 e. The van der Waals surface area contributed by atoms with Crippen molar-refractivity contribution in [2.45, 2.75) is 39.0 Å². The zero-order valence-corrected chi connectivity index (χ0v) is 11.4. The maximum atomic E-state index is 11.5. The fourth-order valence-electron chi connectivity index (χ4n) is 3.07. The SMILES string of the molecule is CCCNc1[nH]c2ccc3c(c2c1C=O)CCCC3. The lowest BCUT2D eigenvalue weighted by atomic mass is 9.88. The summed E-state index contributed by atoms with van der Waals surface area (Å²) >= 11 is 0. The molecule has 0 unspecified atom stereocenters. The van der Waals surface area contributed by atoms with Crippen LogP contribution in [0.3, 0.4) is 0 Å². The first-order valence-electron chi connectivity index (χ1n) is 7.20. The highest BCUT2D eigenvalue weighted by molar-refractivity contribution is 6.05. The first kappa shape index (κ1) is 12.3. The second-order valence-corrected chi connectivity index (χ2v) is 5.29. The molecule has 0 bridgehead atoms. The molecule has 0 radical (unpaired) electrons. The van der Waals surface area contributed by atoms with E-state index < -0.39 is 0 Å². The highest BCUT2D eigenvalue weighted by atomic mass is 16.1. The average molecular weight is 256 g/mol. The summed E-state index contributed by atoms with van der Waals surface area (Å²) in [4.78, 5) is 14.8. The number of hydrogen-bond donors (Lipinski definition) is 2. The number of carbonyl (C=O) groups is 1. The van der Waals surface area contributed by atoms with Gasteiger partial charge in [0.25, 0.3) is 0 Å². The summed E-state index contributed by atoms with van der Waals surface area (Å²) in [5.41, 5.74) is 4.69. The minimum Gasteiger partial charge on any atom is -0.371 e. The van der Waals surface area contributed by atoms with Gasteiger partial charge in [0.1, 0.15) is 5.82 Å². The van der Waals surface area contributed by atoms with Crippen molar-refractivity contribution in [2.24, 2.45) is 0 Å². The molecule has 3 heteroatoms. The van der Waals surface area contributed by atoms with Crippen LogP contribution in [0.1, 0.15) is 47.7 Å². The van der Waals surface area contributed by atoms with Crippen molar-refractivity contribution in [3.05, 3.63) is 28.8 Å². The Balaban J connectivity index is 2.18. The number of aryl methyl sites for hydroxylation is 2. The maximum absolute atomic E-state index is 11.5. The molecule has 0 fully saturated rings. The minimum atomic E-state index is 0.808. The number of aromatic amines is 1. The van der Waals surface area contributed by atoms with Crippen molar-refractivity contribution in [2.75, 3.05) is 11.9 Å². The summed E-state index contributed by atoms with van der Waals surface area (Å²) < 4.78 is 0. The Bertz CT molecular complexity index is 613. The fraction of sp³-hybridized carbons (Fsp3) is 0.438. The zero-order chi connectivity index (χ0) is 13.2. The lowest BCUT2D eigenvalue weighted by Crippen LogP contribution is -2.04. The summed E-state index contributed by atoms with van der Waals surface area (Å²) in [6, 6.07) is 4.33. The van der Waals surface area contributed by atoms with Gasteiger partial charge in [0, 0.05) is 17.4 Å². The van der Waals surface area contributed by atoms with Gasteiger partial charge in [-0.05, 0) is 49.3 Å². The smallest absolute Gasteiger partial charge is 0.154 e. The topological polar surface area (TPSA) is 44.9 Å². The summed E-state index contributed by atoms with van der Waals surface area (Å²) in [7, 11) is 0. The molecule has 2 aromatic rings. The molecule has 19 heavy (non-hydrogen) atoms. The summed E-state index contributed by atoms with van der Waals surface area (Å²) in [5, 5.41) is 4.47. The second kappa shape index (κ2) is 5.08. The molecule has 0 aliphatic heterocycles. The molecule has 0 spiro atoms. The molecule has 2 N–H and O–H groups in total. The molecule has 3 nitrogen and oxygen atoms in total. The lowest BCUT2D eigenvalue weighted by molar-refractivity contribution is 0.112. The zero-order valence-electron chi connectivity index (χ0n) is 11.4. The number of fused-ring (bicyclic) bond motifs is 3. The molecular formula is C16H20N2O. The Labute approximate surface area is 113 Å². The molecule has 3 rings (SSSR count). The van der Waals surface area contributed by atoms with Crippen molar-refractivity contribution in [3.63, 3.8) is 0 Å². The molecular weight excluding hydrogens is 236 g/mol. The van der Waals surface area contributed by atoms with Gasteiger partial charge in [-0.25, -0.2) is 0 Å². The van der Waals surface area contributed by atoms with Gasteiger partial charge in [-0.2, -0.15) is 0 Å². The molecule has 0 atom stereocenters. The van der Waals surface area contributed by atoms with Crippen LogP contribution in [-0.2, 0) is 12.8 Å². The minimum absolute atomic E-state index is 0.808. The number of H-pyrrole nitrogens is 1. The molecule has 100 valence electrons. The Morgan fingerprint density at radius 2 is 2.16 bits per heavy atom. The van der Waals surface area contributed by atoms with Gasteiger partial charge in [0.2, 0.25) is 0 Å². The average Bonchev–Trinajstić information content (AvgIpc) is 2.83. The van der Waals surface area contributed by atoms with Gasteiger partial charge in [-0.15, -0.1) is 0 Å². The highest BCUT2D eigenvalue weighted by Crippen LogP contribution is 2.33. The molecule has 1 aliphatic carbocycles. The van der Waals surface area contributed by atoms with Crippen LogP contribution in [0, 0.1) is 0 Å². The van der Waals surface area contributed by atoms with E-state index in [1.165, 1.54) is 24.0 Å². The number of nitrogens with one attached hydrogen (secondary N) is 2. The van der Waals surface area contributed by atoms with Gasteiger partial charge < -0.3 is 10.3 Å². The number of carbonyl (C=O) groups excluding carboxylic acids is 1. The predicted molar refractivity (Wildman–Crippen MR) is 79.1 cm³/mol. The van der Waals surface area contributed by atoms with Crippen LogP contribution in [0.4, 0.5) is 5.82 Å². The van der Waals surface area contributed by atoms with Crippen LogP contribution in [0.5, 0.6) is 0 Å². The van der Waals surface area contributed by atoms with Gasteiger partial charge in [-0.3, -0.25) is 4.79 Å². The van der Waals surface area contributed by atoms with Gasteiger partial charge in [-0.1, -0.05) is 13.0 Å². The molecule has 1 heterocycles. The van der Waals surface area contributed by atoms with Gasteiger partial charge in [0.05, 0.1) is 5.56 Å². The Morgan fingerprint density at radius 1 is 1.32 bits per heavy atom. The van der Waals surface area contributed by atoms with Crippen molar-refractivity contribution in [1.29, 1.82) is 0 Å². The molecule has 0 amide bonds. The van der Waals surface area contributed by atoms with Crippen LogP contribution in [-0.4, -0.2) is 17.8 Å². The van der Waals surface area contributed by atoms with E-state index in [9.17, 15) is 4.79 Å². The van der Waals surface area contributed by atoms with Gasteiger partial charge >= 0.3 is 0 Å². The van der Waals surface area contributed by atoms with E-state index in [1.807, 2.05) is 0 Å². The third-order valence-electron chi connectivity index (χ3n) is 4.00. The standard InChI is InChI=1S/C16H20N2O/c1-2-9-17-16-13(10-19)15-12-6-4-3-5-11(12)7-8-14(15)18-16/h7-8,10,17-18H,2-6,9H2,1H3. The predicted octanol–water partition coefficient (Wildman–Crippen LogP) is 3.68. The van der Waals surface area contributed by atoms with E-state index in [1.54, 1.807) is 0 Å². The molecule has 1 aliphatic rings. The normalized spacial score (nSPS) is 14.4.